The molecule has 1 aromatic heterocycles. The van der Waals surface area contributed by atoms with Gasteiger partial charge >= 0.3 is 5.63 Å². The van der Waals surface area contributed by atoms with Crippen LogP contribution in [0.2, 0.25) is 0 Å². The van der Waals surface area contributed by atoms with E-state index in [1.807, 2.05) is 25.3 Å². The monoisotopic (exact) mass is 407 g/mol. The Kier molecular flexibility index (Phi) is 4.31. The second-order valence-electron chi connectivity index (χ2n) is 7.26. The maximum absolute atomic E-state index is 12.3. The minimum absolute atomic E-state index is 0.176. The number of methoxy groups -OCH3 is 2. The Morgan fingerprint density at radius 3 is 2.73 bits per heavy atom. The van der Waals surface area contributed by atoms with Crippen LogP contribution in [-0.4, -0.2) is 39.5 Å². The number of nitrogens with zero attached hydrogens (tertiary/aromatic N) is 1. The smallest absolute Gasteiger partial charge is 0.336 e. The minimum atomic E-state index is -0.404. The summed E-state index contributed by atoms with van der Waals surface area (Å²) in [6.45, 7) is 0.933. The van der Waals surface area contributed by atoms with Crippen molar-refractivity contribution in [2.45, 2.75) is 6.42 Å². The van der Waals surface area contributed by atoms with E-state index in [0.29, 0.717) is 28.6 Å². The highest BCUT2D eigenvalue weighted by Crippen LogP contribution is 2.47. The standard InChI is InChI=1S/C23H21NO6/c1-24-7-6-13-8-20-23(29-12-28-20)22(27-3)15(13)10-18(24)16-11-21(25)30-19-5-4-14(26-2)9-17(16)19/h4-5,8-11H,6-7,12H2,1-3H3. The molecule has 0 N–H and O–H groups in total. The summed E-state index contributed by atoms with van der Waals surface area (Å²) >= 11 is 0. The van der Waals surface area contributed by atoms with Crippen molar-refractivity contribution in [3.8, 4) is 23.0 Å². The van der Waals surface area contributed by atoms with E-state index in [-0.39, 0.29) is 6.79 Å². The van der Waals surface area contributed by atoms with Crippen LogP contribution in [0.4, 0.5) is 0 Å². The molecule has 2 aromatic carbocycles. The van der Waals surface area contributed by atoms with Gasteiger partial charge in [0, 0.05) is 41.9 Å². The molecule has 0 unspecified atom stereocenters. The molecule has 0 spiro atoms. The van der Waals surface area contributed by atoms with Crippen LogP contribution in [0.1, 0.15) is 16.7 Å². The van der Waals surface area contributed by atoms with E-state index in [0.717, 1.165) is 40.7 Å². The Morgan fingerprint density at radius 2 is 1.93 bits per heavy atom. The Balaban J connectivity index is 1.79. The van der Waals surface area contributed by atoms with Gasteiger partial charge in [0.05, 0.1) is 14.2 Å². The average molecular weight is 407 g/mol. The summed E-state index contributed by atoms with van der Waals surface area (Å²) in [7, 11) is 5.24. The third-order valence-corrected chi connectivity index (χ3v) is 5.58. The topological polar surface area (TPSA) is 70.4 Å². The second kappa shape index (κ2) is 7.02. The summed E-state index contributed by atoms with van der Waals surface area (Å²) in [6, 6.07) is 8.94. The van der Waals surface area contributed by atoms with Crippen molar-refractivity contribution in [1.29, 1.82) is 0 Å². The average Bonchev–Trinajstić information content (AvgIpc) is 3.15. The van der Waals surface area contributed by atoms with Gasteiger partial charge in [-0.3, -0.25) is 0 Å². The highest BCUT2D eigenvalue weighted by atomic mass is 16.7. The first kappa shape index (κ1) is 18.4. The first-order valence-electron chi connectivity index (χ1n) is 9.63. The molecule has 7 heteroatoms. The Bertz CT molecular complexity index is 1240. The minimum Gasteiger partial charge on any atom is -0.497 e. The summed E-state index contributed by atoms with van der Waals surface area (Å²) < 4.78 is 27.7. The zero-order valence-electron chi connectivity index (χ0n) is 17.0. The van der Waals surface area contributed by atoms with Crippen molar-refractivity contribution in [2.75, 3.05) is 34.6 Å². The SMILES string of the molecule is COc1ccc2oc(=O)cc(C3=Cc4c(cc5c(c4OC)OCO5)CCN3C)c2c1. The Labute approximate surface area is 173 Å². The fourth-order valence-corrected chi connectivity index (χ4v) is 4.06. The van der Waals surface area contributed by atoms with Crippen molar-refractivity contribution >= 4 is 22.7 Å². The molecule has 7 nitrogen and oxygen atoms in total. The third kappa shape index (κ3) is 2.85. The fourth-order valence-electron chi connectivity index (χ4n) is 4.06. The lowest BCUT2D eigenvalue weighted by Crippen LogP contribution is -2.19. The van der Waals surface area contributed by atoms with Gasteiger partial charge in [-0.1, -0.05) is 0 Å². The Morgan fingerprint density at radius 1 is 1.07 bits per heavy atom. The molecular formula is C23H21NO6. The second-order valence-corrected chi connectivity index (χ2v) is 7.26. The molecule has 30 heavy (non-hydrogen) atoms. The van der Waals surface area contributed by atoms with E-state index in [2.05, 4.69) is 4.90 Å². The van der Waals surface area contributed by atoms with E-state index in [9.17, 15) is 4.79 Å². The molecule has 2 aliphatic heterocycles. The van der Waals surface area contributed by atoms with Gasteiger partial charge in [0.2, 0.25) is 12.5 Å². The highest BCUT2D eigenvalue weighted by Gasteiger charge is 2.27. The Hall–Kier alpha value is -3.61. The molecule has 0 fully saturated rings. The predicted octanol–water partition coefficient (Wildman–Crippen LogP) is 3.52. The molecule has 0 saturated heterocycles. The maximum Gasteiger partial charge on any atom is 0.336 e. The first-order valence-corrected chi connectivity index (χ1v) is 9.63. The molecule has 0 saturated carbocycles. The lowest BCUT2D eigenvalue weighted by Gasteiger charge is -2.22. The van der Waals surface area contributed by atoms with Gasteiger partial charge in [0.1, 0.15) is 11.3 Å². The number of hydrogen-bond acceptors (Lipinski definition) is 7. The summed E-state index contributed by atoms with van der Waals surface area (Å²) in [6.07, 6.45) is 2.83. The van der Waals surface area contributed by atoms with Crippen LogP contribution in [-0.2, 0) is 6.42 Å². The van der Waals surface area contributed by atoms with Gasteiger partial charge in [-0.05, 0) is 42.3 Å². The number of fused-ring (bicyclic) bond motifs is 3. The van der Waals surface area contributed by atoms with Gasteiger partial charge in [0.15, 0.2) is 11.5 Å². The van der Waals surface area contributed by atoms with Crippen LogP contribution in [0.25, 0.3) is 22.7 Å². The van der Waals surface area contributed by atoms with Gasteiger partial charge in [0.25, 0.3) is 0 Å². The molecule has 5 rings (SSSR count). The number of benzene rings is 2. The quantitative estimate of drug-likeness (QED) is 0.615. The summed E-state index contributed by atoms with van der Waals surface area (Å²) in [5, 5.41) is 0.801. The van der Waals surface area contributed by atoms with Crippen LogP contribution >= 0.6 is 0 Å². The number of likely N-dealkylation sites (N-methyl/N-ethyl adjacent to an activating group) is 1. The van der Waals surface area contributed by atoms with Crippen LogP contribution in [0, 0.1) is 0 Å². The van der Waals surface area contributed by atoms with Crippen LogP contribution in [0.3, 0.4) is 0 Å². The lowest BCUT2D eigenvalue weighted by atomic mass is 10.00. The molecule has 3 heterocycles. The highest BCUT2D eigenvalue weighted by molar-refractivity contribution is 5.96. The molecule has 0 radical (unpaired) electrons. The van der Waals surface area contributed by atoms with Crippen molar-refractivity contribution in [2.24, 2.45) is 0 Å². The van der Waals surface area contributed by atoms with Gasteiger partial charge < -0.3 is 28.3 Å². The summed E-state index contributed by atoms with van der Waals surface area (Å²) in [5.74, 6) is 2.63. The maximum atomic E-state index is 12.3. The van der Waals surface area contributed by atoms with Crippen molar-refractivity contribution in [3.63, 3.8) is 0 Å². The van der Waals surface area contributed by atoms with Crippen LogP contribution in [0.15, 0.2) is 39.5 Å². The fraction of sp³-hybridized carbons (Fsp3) is 0.261. The molecule has 0 aliphatic carbocycles. The molecule has 2 aliphatic rings. The van der Waals surface area contributed by atoms with Crippen LogP contribution < -0.4 is 24.6 Å². The molecule has 3 aromatic rings. The van der Waals surface area contributed by atoms with Gasteiger partial charge in [-0.25, -0.2) is 4.79 Å². The summed E-state index contributed by atoms with van der Waals surface area (Å²) in [5.41, 5.74) is 3.79. The molecular weight excluding hydrogens is 386 g/mol. The van der Waals surface area contributed by atoms with Gasteiger partial charge in [-0.15, -0.1) is 0 Å². The lowest BCUT2D eigenvalue weighted by molar-refractivity contribution is 0.171. The molecule has 0 amide bonds. The zero-order valence-corrected chi connectivity index (χ0v) is 17.0. The zero-order chi connectivity index (χ0) is 20.8. The largest absolute Gasteiger partial charge is 0.497 e. The van der Waals surface area contributed by atoms with E-state index in [1.54, 1.807) is 26.4 Å². The normalized spacial score (nSPS) is 14.9. The van der Waals surface area contributed by atoms with E-state index < -0.39 is 5.63 Å². The van der Waals surface area contributed by atoms with Crippen molar-refractivity contribution in [3.05, 3.63) is 57.4 Å². The van der Waals surface area contributed by atoms with Gasteiger partial charge in [-0.2, -0.15) is 0 Å². The molecule has 154 valence electrons. The van der Waals surface area contributed by atoms with Crippen LogP contribution in [0.5, 0.6) is 23.0 Å². The predicted molar refractivity (Wildman–Crippen MR) is 112 cm³/mol. The summed E-state index contributed by atoms with van der Waals surface area (Å²) in [4.78, 5) is 14.4. The molecule has 0 bridgehead atoms. The van der Waals surface area contributed by atoms with Crippen molar-refractivity contribution in [1.82, 2.24) is 4.90 Å². The first-order chi connectivity index (χ1) is 14.6. The third-order valence-electron chi connectivity index (χ3n) is 5.58. The number of rotatable bonds is 3. The van der Waals surface area contributed by atoms with E-state index in [4.69, 9.17) is 23.4 Å². The van der Waals surface area contributed by atoms with E-state index >= 15 is 0 Å². The van der Waals surface area contributed by atoms with E-state index in [1.165, 1.54) is 6.07 Å². The molecule has 0 atom stereocenters. The number of ether oxygens (including phenoxy) is 4. The van der Waals surface area contributed by atoms with Crippen molar-refractivity contribution < 1.29 is 23.4 Å². The number of hydrogen-bond donors (Lipinski definition) is 0.